The van der Waals surface area contributed by atoms with Gasteiger partial charge in [0.05, 0.1) is 5.69 Å². The van der Waals surface area contributed by atoms with E-state index >= 15 is 0 Å². The van der Waals surface area contributed by atoms with E-state index in [0.717, 1.165) is 19.6 Å². The van der Waals surface area contributed by atoms with Gasteiger partial charge in [-0.05, 0) is 44.1 Å². The third kappa shape index (κ3) is 4.17. The number of nitrogens with two attached hydrogens (primary N) is 1. The van der Waals surface area contributed by atoms with Crippen LogP contribution >= 0.6 is 0 Å². The summed E-state index contributed by atoms with van der Waals surface area (Å²) in [7, 11) is 0. The topological polar surface area (TPSA) is 52.8 Å². The molecule has 1 amide bonds. The van der Waals surface area contributed by atoms with Crippen LogP contribution in [-0.4, -0.2) is 61.5 Å². The maximum absolute atomic E-state index is 14.0. The molecule has 0 atom stereocenters. The summed E-state index contributed by atoms with van der Waals surface area (Å²) in [5, 5.41) is 0. The van der Waals surface area contributed by atoms with Crippen LogP contribution in [0, 0.1) is 5.82 Å². The fourth-order valence-electron chi connectivity index (χ4n) is 3.57. The summed E-state index contributed by atoms with van der Waals surface area (Å²) in [6, 6.07) is 4.79. The van der Waals surface area contributed by atoms with Crippen LogP contribution in [0.4, 0.5) is 15.8 Å². The first-order chi connectivity index (χ1) is 11.6. The SMILES string of the molecule is Nc1ccc(N2CCN(C(=O)CCN3CCCCC3)CC2)c(F)c1. The lowest BCUT2D eigenvalue weighted by Crippen LogP contribution is -2.49. The van der Waals surface area contributed by atoms with Crippen LogP contribution in [0.3, 0.4) is 0 Å². The molecule has 0 aromatic heterocycles. The molecule has 0 spiro atoms. The molecule has 0 radical (unpaired) electrons. The number of likely N-dealkylation sites (tertiary alicyclic amines) is 1. The third-order valence-corrected chi connectivity index (χ3v) is 5.04. The van der Waals surface area contributed by atoms with Crippen molar-refractivity contribution in [2.24, 2.45) is 0 Å². The van der Waals surface area contributed by atoms with Crippen LogP contribution in [0.15, 0.2) is 18.2 Å². The Bertz CT molecular complexity index is 566. The average Bonchev–Trinajstić information content (AvgIpc) is 2.61. The molecule has 6 heteroatoms. The Hall–Kier alpha value is -1.82. The first-order valence-corrected chi connectivity index (χ1v) is 8.93. The molecular formula is C18H27FN4O. The number of piperidine rings is 1. The highest BCUT2D eigenvalue weighted by atomic mass is 19.1. The predicted octanol–water partition coefficient (Wildman–Crippen LogP) is 1.93. The first-order valence-electron chi connectivity index (χ1n) is 8.93. The van der Waals surface area contributed by atoms with Gasteiger partial charge in [0, 0.05) is 44.8 Å². The number of carbonyl (C=O) groups is 1. The normalized spacial score (nSPS) is 19.5. The lowest BCUT2D eigenvalue weighted by atomic mass is 10.1. The first kappa shape index (κ1) is 17.0. The fourth-order valence-corrected chi connectivity index (χ4v) is 3.57. The Morgan fingerprint density at radius 2 is 1.75 bits per heavy atom. The maximum Gasteiger partial charge on any atom is 0.223 e. The Kier molecular flexibility index (Phi) is 5.56. The Morgan fingerprint density at radius 1 is 1.04 bits per heavy atom. The number of rotatable bonds is 4. The van der Waals surface area contributed by atoms with Crippen LogP contribution < -0.4 is 10.6 Å². The highest BCUT2D eigenvalue weighted by molar-refractivity contribution is 5.76. The zero-order valence-electron chi connectivity index (χ0n) is 14.2. The second-order valence-electron chi connectivity index (χ2n) is 6.73. The second-order valence-corrected chi connectivity index (χ2v) is 6.73. The molecule has 0 bridgehead atoms. The second kappa shape index (κ2) is 7.83. The number of hydrogen-bond acceptors (Lipinski definition) is 4. The molecule has 132 valence electrons. The van der Waals surface area contributed by atoms with Crippen LogP contribution in [0.2, 0.25) is 0 Å². The number of anilines is 2. The zero-order chi connectivity index (χ0) is 16.9. The monoisotopic (exact) mass is 334 g/mol. The van der Waals surface area contributed by atoms with Gasteiger partial charge in [-0.25, -0.2) is 4.39 Å². The minimum Gasteiger partial charge on any atom is -0.399 e. The molecule has 2 heterocycles. The Labute approximate surface area is 143 Å². The van der Waals surface area contributed by atoms with E-state index in [4.69, 9.17) is 5.73 Å². The van der Waals surface area contributed by atoms with E-state index in [9.17, 15) is 9.18 Å². The predicted molar refractivity (Wildman–Crippen MR) is 94.5 cm³/mol. The summed E-state index contributed by atoms with van der Waals surface area (Å²) >= 11 is 0. The smallest absolute Gasteiger partial charge is 0.223 e. The molecule has 2 aliphatic rings. The highest BCUT2D eigenvalue weighted by Gasteiger charge is 2.23. The van der Waals surface area contributed by atoms with Crippen LogP contribution in [-0.2, 0) is 4.79 Å². The van der Waals surface area contributed by atoms with Gasteiger partial charge in [-0.15, -0.1) is 0 Å². The number of benzene rings is 1. The lowest BCUT2D eigenvalue weighted by molar-refractivity contribution is -0.131. The van der Waals surface area contributed by atoms with Gasteiger partial charge in [0.2, 0.25) is 5.91 Å². The van der Waals surface area contributed by atoms with Gasteiger partial charge in [0.25, 0.3) is 0 Å². The van der Waals surface area contributed by atoms with E-state index in [1.807, 2.05) is 9.80 Å². The molecule has 1 aromatic carbocycles. The largest absolute Gasteiger partial charge is 0.399 e. The van der Waals surface area contributed by atoms with E-state index in [2.05, 4.69) is 4.90 Å². The minimum atomic E-state index is -0.292. The molecule has 2 fully saturated rings. The third-order valence-electron chi connectivity index (χ3n) is 5.04. The van der Waals surface area contributed by atoms with Crippen molar-refractivity contribution in [3.63, 3.8) is 0 Å². The number of hydrogen-bond donors (Lipinski definition) is 1. The number of piperazine rings is 1. The van der Waals surface area contributed by atoms with Crippen molar-refractivity contribution in [2.75, 3.05) is 56.4 Å². The van der Waals surface area contributed by atoms with E-state index < -0.39 is 0 Å². The standard InChI is InChI=1S/C18H27FN4O/c19-16-14-15(20)4-5-17(16)22-10-12-23(13-11-22)18(24)6-9-21-7-2-1-3-8-21/h4-5,14H,1-3,6-13,20H2. The van der Waals surface area contributed by atoms with Crippen LogP contribution in [0.5, 0.6) is 0 Å². The van der Waals surface area contributed by atoms with Gasteiger partial charge >= 0.3 is 0 Å². The summed E-state index contributed by atoms with van der Waals surface area (Å²) in [4.78, 5) is 18.7. The number of nitrogens with zero attached hydrogens (tertiary/aromatic N) is 3. The number of carbonyl (C=O) groups excluding carboxylic acids is 1. The number of nitrogen functional groups attached to an aromatic ring is 1. The molecule has 0 unspecified atom stereocenters. The molecule has 2 N–H and O–H groups in total. The summed E-state index contributed by atoms with van der Waals surface area (Å²) in [6.07, 6.45) is 4.41. The lowest BCUT2D eigenvalue weighted by Gasteiger charge is -2.36. The maximum atomic E-state index is 14.0. The zero-order valence-corrected chi connectivity index (χ0v) is 14.2. The Morgan fingerprint density at radius 3 is 2.42 bits per heavy atom. The minimum absolute atomic E-state index is 0.220. The van der Waals surface area contributed by atoms with E-state index in [1.54, 1.807) is 12.1 Å². The van der Waals surface area contributed by atoms with Crippen molar-refractivity contribution >= 4 is 17.3 Å². The summed E-state index contributed by atoms with van der Waals surface area (Å²) in [5.41, 5.74) is 6.61. The molecule has 3 rings (SSSR count). The van der Waals surface area contributed by atoms with Crippen molar-refractivity contribution in [3.05, 3.63) is 24.0 Å². The van der Waals surface area contributed by atoms with E-state index in [-0.39, 0.29) is 11.7 Å². The molecule has 1 aromatic rings. The number of halogens is 1. The molecule has 24 heavy (non-hydrogen) atoms. The van der Waals surface area contributed by atoms with Crippen molar-refractivity contribution < 1.29 is 9.18 Å². The van der Waals surface area contributed by atoms with Gasteiger partial charge in [-0.2, -0.15) is 0 Å². The van der Waals surface area contributed by atoms with E-state index in [0.29, 0.717) is 44.0 Å². The molecule has 5 nitrogen and oxygen atoms in total. The molecule has 2 saturated heterocycles. The molecule has 0 saturated carbocycles. The molecule has 0 aliphatic carbocycles. The van der Waals surface area contributed by atoms with Gasteiger partial charge in [0.15, 0.2) is 0 Å². The van der Waals surface area contributed by atoms with Crippen LogP contribution in [0.1, 0.15) is 25.7 Å². The van der Waals surface area contributed by atoms with Crippen molar-refractivity contribution in [1.82, 2.24) is 9.80 Å². The highest BCUT2D eigenvalue weighted by Crippen LogP contribution is 2.23. The van der Waals surface area contributed by atoms with Gasteiger partial charge in [-0.3, -0.25) is 4.79 Å². The average molecular weight is 334 g/mol. The molecular weight excluding hydrogens is 307 g/mol. The van der Waals surface area contributed by atoms with Gasteiger partial charge in [-0.1, -0.05) is 6.42 Å². The Balaban J connectivity index is 1.46. The molecule has 2 aliphatic heterocycles. The van der Waals surface area contributed by atoms with E-state index in [1.165, 1.54) is 25.3 Å². The van der Waals surface area contributed by atoms with Crippen molar-refractivity contribution in [2.45, 2.75) is 25.7 Å². The fraction of sp³-hybridized carbons (Fsp3) is 0.611. The van der Waals surface area contributed by atoms with Crippen molar-refractivity contribution in [1.29, 1.82) is 0 Å². The summed E-state index contributed by atoms with van der Waals surface area (Å²) < 4.78 is 14.0. The summed E-state index contributed by atoms with van der Waals surface area (Å²) in [5.74, 6) is -0.0714. The quantitative estimate of drug-likeness (QED) is 0.855. The summed E-state index contributed by atoms with van der Waals surface area (Å²) in [6.45, 7) is 5.75. The van der Waals surface area contributed by atoms with Crippen molar-refractivity contribution in [3.8, 4) is 0 Å². The number of amides is 1. The van der Waals surface area contributed by atoms with Gasteiger partial charge in [0.1, 0.15) is 5.82 Å². The van der Waals surface area contributed by atoms with Crippen LogP contribution in [0.25, 0.3) is 0 Å². The van der Waals surface area contributed by atoms with Gasteiger partial charge < -0.3 is 20.4 Å².